The number of anilines is 1. The van der Waals surface area contributed by atoms with Gasteiger partial charge in [0.2, 0.25) is 11.8 Å². The lowest BCUT2D eigenvalue weighted by atomic mass is 10.1. The van der Waals surface area contributed by atoms with Gasteiger partial charge in [-0.25, -0.2) is 4.39 Å². The summed E-state index contributed by atoms with van der Waals surface area (Å²) in [6.07, 6.45) is 0. The number of hydrogen-bond donors (Lipinski definition) is 0. The quantitative estimate of drug-likeness (QED) is 0.726. The molecule has 118 valence electrons. The molecule has 3 aromatic rings. The van der Waals surface area contributed by atoms with Crippen LogP contribution in [0.15, 0.2) is 46.9 Å². The summed E-state index contributed by atoms with van der Waals surface area (Å²) in [5.41, 5.74) is 4.23. The molecule has 5 heteroatoms. The zero-order valence-electron chi connectivity index (χ0n) is 13.4. The molecule has 0 radical (unpaired) electrons. The maximum atomic E-state index is 13.0. The molecular weight excluding hydrogens is 293 g/mol. The third-order valence-corrected chi connectivity index (χ3v) is 3.71. The fraction of sp³-hybridized carbons (Fsp3) is 0.222. The lowest BCUT2D eigenvalue weighted by molar-refractivity contribution is 0.503. The Labute approximate surface area is 134 Å². The summed E-state index contributed by atoms with van der Waals surface area (Å²) in [5, 5.41) is 8.12. The maximum absolute atomic E-state index is 13.0. The van der Waals surface area contributed by atoms with Crippen LogP contribution >= 0.6 is 0 Å². The third kappa shape index (κ3) is 3.39. The highest BCUT2D eigenvalue weighted by Gasteiger charge is 2.12. The molecule has 0 saturated carbocycles. The molecule has 0 unspecified atom stereocenters. The van der Waals surface area contributed by atoms with E-state index in [-0.39, 0.29) is 5.82 Å². The molecular formula is C18H18FN3O. The van der Waals surface area contributed by atoms with Crippen LogP contribution in [0, 0.1) is 19.7 Å². The fourth-order valence-corrected chi connectivity index (χ4v) is 2.45. The summed E-state index contributed by atoms with van der Waals surface area (Å²) < 4.78 is 18.6. The fourth-order valence-electron chi connectivity index (χ4n) is 2.45. The molecule has 0 bridgehead atoms. The van der Waals surface area contributed by atoms with E-state index in [9.17, 15) is 4.39 Å². The SMILES string of the molecule is Cc1ccc(C)c(N(C)Cc2nnc(-c3ccc(F)cc3)o2)c1. The van der Waals surface area contributed by atoms with Crippen molar-refractivity contribution in [3.63, 3.8) is 0 Å². The van der Waals surface area contributed by atoms with Crippen LogP contribution in [0.4, 0.5) is 10.1 Å². The summed E-state index contributed by atoms with van der Waals surface area (Å²) in [4.78, 5) is 2.07. The van der Waals surface area contributed by atoms with Crippen molar-refractivity contribution >= 4 is 5.69 Å². The van der Waals surface area contributed by atoms with E-state index in [4.69, 9.17) is 4.42 Å². The molecule has 1 heterocycles. The van der Waals surface area contributed by atoms with Gasteiger partial charge >= 0.3 is 0 Å². The van der Waals surface area contributed by atoms with Crippen LogP contribution < -0.4 is 4.90 Å². The minimum atomic E-state index is -0.289. The maximum Gasteiger partial charge on any atom is 0.247 e. The van der Waals surface area contributed by atoms with Crippen molar-refractivity contribution in [2.45, 2.75) is 20.4 Å². The minimum absolute atomic E-state index is 0.289. The molecule has 4 nitrogen and oxygen atoms in total. The first-order valence-electron chi connectivity index (χ1n) is 7.39. The number of aryl methyl sites for hydroxylation is 2. The number of hydrogen-bond acceptors (Lipinski definition) is 4. The van der Waals surface area contributed by atoms with E-state index in [1.165, 1.54) is 23.3 Å². The van der Waals surface area contributed by atoms with Gasteiger partial charge in [0.15, 0.2) is 0 Å². The Kier molecular flexibility index (Phi) is 4.10. The van der Waals surface area contributed by atoms with Gasteiger partial charge in [-0.15, -0.1) is 10.2 Å². The second kappa shape index (κ2) is 6.20. The van der Waals surface area contributed by atoms with E-state index in [1.54, 1.807) is 12.1 Å². The number of nitrogens with zero attached hydrogens (tertiary/aromatic N) is 3. The predicted octanol–water partition coefficient (Wildman–Crippen LogP) is 4.13. The lowest BCUT2D eigenvalue weighted by Gasteiger charge is -2.20. The van der Waals surface area contributed by atoms with E-state index in [1.807, 2.05) is 7.05 Å². The topological polar surface area (TPSA) is 42.2 Å². The smallest absolute Gasteiger partial charge is 0.247 e. The average Bonchev–Trinajstić information content (AvgIpc) is 2.99. The normalized spacial score (nSPS) is 10.8. The molecule has 23 heavy (non-hydrogen) atoms. The Balaban J connectivity index is 1.78. The van der Waals surface area contributed by atoms with Gasteiger partial charge in [0.1, 0.15) is 5.82 Å². The van der Waals surface area contributed by atoms with Crippen molar-refractivity contribution in [2.24, 2.45) is 0 Å². The number of rotatable bonds is 4. The highest BCUT2D eigenvalue weighted by atomic mass is 19.1. The average molecular weight is 311 g/mol. The summed E-state index contributed by atoms with van der Waals surface area (Å²) >= 11 is 0. The number of aromatic nitrogens is 2. The summed E-state index contributed by atoms with van der Waals surface area (Å²) in [6, 6.07) is 12.3. The Bertz CT molecular complexity index is 811. The highest BCUT2D eigenvalue weighted by Crippen LogP contribution is 2.23. The zero-order chi connectivity index (χ0) is 16.4. The van der Waals surface area contributed by atoms with E-state index >= 15 is 0 Å². The number of benzene rings is 2. The van der Waals surface area contributed by atoms with Crippen molar-refractivity contribution in [2.75, 3.05) is 11.9 Å². The van der Waals surface area contributed by atoms with E-state index in [0.717, 1.165) is 5.69 Å². The Morgan fingerprint density at radius 3 is 2.52 bits per heavy atom. The van der Waals surface area contributed by atoms with Gasteiger partial charge in [-0.3, -0.25) is 0 Å². The van der Waals surface area contributed by atoms with E-state index in [2.05, 4.69) is 47.1 Å². The van der Waals surface area contributed by atoms with Crippen LogP contribution in [-0.4, -0.2) is 17.2 Å². The van der Waals surface area contributed by atoms with Gasteiger partial charge < -0.3 is 9.32 Å². The Morgan fingerprint density at radius 2 is 1.78 bits per heavy atom. The molecule has 0 N–H and O–H groups in total. The number of halogens is 1. The van der Waals surface area contributed by atoms with Gasteiger partial charge in [-0.05, 0) is 55.3 Å². The largest absolute Gasteiger partial charge is 0.419 e. The molecule has 0 aliphatic carbocycles. The first-order valence-corrected chi connectivity index (χ1v) is 7.39. The molecule has 0 fully saturated rings. The Hall–Kier alpha value is -2.69. The second-order valence-corrected chi connectivity index (χ2v) is 5.65. The van der Waals surface area contributed by atoms with Crippen LogP contribution in [0.3, 0.4) is 0 Å². The lowest BCUT2D eigenvalue weighted by Crippen LogP contribution is -2.17. The van der Waals surface area contributed by atoms with Crippen LogP contribution in [0.5, 0.6) is 0 Å². The third-order valence-electron chi connectivity index (χ3n) is 3.71. The first-order chi connectivity index (χ1) is 11.0. The van der Waals surface area contributed by atoms with Crippen molar-refractivity contribution in [1.82, 2.24) is 10.2 Å². The molecule has 0 atom stereocenters. The van der Waals surface area contributed by atoms with Crippen LogP contribution in [0.1, 0.15) is 17.0 Å². The van der Waals surface area contributed by atoms with Gasteiger partial charge in [0, 0.05) is 18.3 Å². The Morgan fingerprint density at radius 1 is 1.04 bits per heavy atom. The highest BCUT2D eigenvalue weighted by molar-refractivity contribution is 5.55. The van der Waals surface area contributed by atoms with Gasteiger partial charge in [0.05, 0.1) is 6.54 Å². The molecule has 0 amide bonds. The van der Waals surface area contributed by atoms with Gasteiger partial charge in [-0.2, -0.15) is 0 Å². The minimum Gasteiger partial charge on any atom is -0.419 e. The van der Waals surface area contributed by atoms with Crippen molar-refractivity contribution in [1.29, 1.82) is 0 Å². The molecule has 3 rings (SSSR count). The summed E-state index contributed by atoms with van der Waals surface area (Å²) in [7, 11) is 1.99. The van der Waals surface area contributed by atoms with Crippen LogP contribution in [-0.2, 0) is 6.54 Å². The van der Waals surface area contributed by atoms with Crippen LogP contribution in [0.2, 0.25) is 0 Å². The first kappa shape index (κ1) is 15.2. The van der Waals surface area contributed by atoms with Crippen molar-refractivity contribution in [3.8, 4) is 11.5 Å². The molecule has 1 aromatic heterocycles. The van der Waals surface area contributed by atoms with Crippen molar-refractivity contribution in [3.05, 3.63) is 65.3 Å². The van der Waals surface area contributed by atoms with Crippen molar-refractivity contribution < 1.29 is 8.81 Å². The molecule has 0 aliphatic rings. The predicted molar refractivity (Wildman–Crippen MR) is 87.7 cm³/mol. The van der Waals surface area contributed by atoms with Gasteiger partial charge in [0.25, 0.3) is 0 Å². The summed E-state index contributed by atoms with van der Waals surface area (Å²) in [6.45, 7) is 4.65. The zero-order valence-corrected chi connectivity index (χ0v) is 13.4. The van der Waals surface area contributed by atoms with E-state index < -0.39 is 0 Å². The molecule has 0 saturated heterocycles. The second-order valence-electron chi connectivity index (χ2n) is 5.65. The van der Waals surface area contributed by atoms with E-state index in [0.29, 0.717) is 23.9 Å². The van der Waals surface area contributed by atoms with Gasteiger partial charge in [-0.1, -0.05) is 12.1 Å². The standard InChI is InChI=1S/C18H18FN3O/c1-12-4-5-13(2)16(10-12)22(3)11-17-20-21-18(23-17)14-6-8-15(19)9-7-14/h4-10H,11H2,1-3H3. The van der Waals surface area contributed by atoms with Crippen LogP contribution in [0.25, 0.3) is 11.5 Å². The molecule has 2 aromatic carbocycles. The summed E-state index contributed by atoms with van der Waals surface area (Å²) in [5.74, 6) is 0.630. The molecule has 0 spiro atoms. The molecule has 0 aliphatic heterocycles. The monoisotopic (exact) mass is 311 g/mol.